The SMILES string of the molecule is CC(C)C[C@H](NC(=O)[C@H](CCCCN)NC(=O)c1ccc2c(c1)Nc1ccccc1S2)C(=O)N(C(=O)OCc1ccccc1)[C@H]1CCOC1O. The van der Waals surface area contributed by atoms with E-state index in [-0.39, 0.29) is 38.4 Å². The molecule has 3 aromatic carbocycles. The minimum Gasteiger partial charge on any atom is -0.444 e. The summed E-state index contributed by atoms with van der Waals surface area (Å²) in [6, 6.07) is 19.1. The third-order valence-electron chi connectivity index (χ3n) is 8.51. The van der Waals surface area contributed by atoms with Crippen LogP contribution in [0.4, 0.5) is 16.2 Å². The lowest BCUT2D eigenvalue weighted by Crippen LogP contribution is -2.58. The van der Waals surface area contributed by atoms with Gasteiger partial charge in [-0.1, -0.05) is 68.1 Å². The van der Waals surface area contributed by atoms with Gasteiger partial charge in [0.1, 0.15) is 18.7 Å². The van der Waals surface area contributed by atoms with Crippen molar-refractivity contribution < 1.29 is 33.8 Å². The minimum atomic E-state index is -1.40. The largest absolute Gasteiger partial charge is 0.444 e. The number of aliphatic hydroxyl groups excluding tert-OH is 1. The number of rotatable bonds is 14. The third-order valence-corrected chi connectivity index (χ3v) is 9.66. The number of benzene rings is 3. The number of nitrogens with two attached hydrogens (primary N) is 1. The van der Waals surface area contributed by atoms with Crippen LogP contribution in [0.25, 0.3) is 0 Å². The second-order valence-corrected chi connectivity index (χ2v) is 13.9. The lowest BCUT2D eigenvalue weighted by Gasteiger charge is -2.32. The number of aliphatic hydroxyl groups is 1. The molecule has 1 saturated heterocycles. The summed E-state index contributed by atoms with van der Waals surface area (Å²) >= 11 is 1.60. The predicted molar refractivity (Wildman–Crippen MR) is 190 cm³/mol. The molecule has 2 heterocycles. The van der Waals surface area contributed by atoms with Gasteiger partial charge in [-0.3, -0.25) is 14.4 Å². The number of hydrogen-bond acceptors (Lipinski definition) is 10. The standard InChI is InChI=1S/C37H45N5O7S/c1-23(2)20-29(35(45)42(30-17-19-48-36(30)46)37(47)49-22-24-10-4-3-5-11-24)41-34(44)27(13-8-9-18-38)40-33(43)25-15-16-32-28(21-25)39-26-12-6-7-14-31(26)50-32/h3-7,10-12,14-16,21,23,27,29-30,36,39,46H,8-9,13,17-20,22,38H2,1-2H3,(H,40,43)(H,41,44)/t27-,29-,30-,36?/m0/s1. The molecule has 0 spiro atoms. The van der Waals surface area contributed by atoms with Crippen LogP contribution in [0.1, 0.15) is 61.9 Å². The Bertz CT molecular complexity index is 1660. The predicted octanol–water partition coefficient (Wildman–Crippen LogP) is 4.93. The molecular formula is C37H45N5O7S. The number of nitrogens with one attached hydrogen (secondary N) is 3. The Labute approximate surface area is 296 Å². The molecule has 2 aliphatic heterocycles. The van der Waals surface area contributed by atoms with E-state index in [0.29, 0.717) is 24.9 Å². The normalized spacial score (nSPS) is 17.5. The molecule has 4 amide bonds. The lowest BCUT2D eigenvalue weighted by atomic mass is 10.00. The highest BCUT2D eigenvalue weighted by Gasteiger charge is 2.43. The van der Waals surface area contributed by atoms with Gasteiger partial charge in [0, 0.05) is 15.4 Å². The number of hydrogen-bond donors (Lipinski definition) is 5. The number of nitrogens with zero attached hydrogens (tertiary/aromatic N) is 1. The zero-order chi connectivity index (χ0) is 35.6. The topological polar surface area (TPSA) is 172 Å². The summed E-state index contributed by atoms with van der Waals surface area (Å²) in [6.45, 7) is 4.24. The van der Waals surface area contributed by atoms with E-state index in [2.05, 4.69) is 16.0 Å². The van der Waals surface area contributed by atoms with E-state index in [9.17, 15) is 24.3 Å². The number of unbranched alkanes of at least 4 members (excludes halogenated alkanes) is 1. The van der Waals surface area contributed by atoms with Gasteiger partial charge in [0.15, 0.2) is 6.29 Å². The van der Waals surface area contributed by atoms with Crippen molar-refractivity contribution in [3.63, 3.8) is 0 Å². The fourth-order valence-electron chi connectivity index (χ4n) is 5.91. The maximum absolute atomic E-state index is 14.2. The second-order valence-electron chi connectivity index (χ2n) is 12.8. The van der Waals surface area contributed by atoms with Crippen LogP contribution in [-0.2, 0) is 25.7 Å². The number of amides is 4. The van der Waals surface area contributed by atoms with E-state index >= 15 is 0 Å². The summed E-state index contributed by atoms with van der Waals surface area (Å²) in [5, 5.41) is 19.6. The smallest absolute Gasteiger partial charge is 0.417 e. The molecule has 4 atom stereocenters. The Kier molecular flexibility index (Phi) is 12.9. The van der Waals surface area contributed by atoms with Gasteiger partial charge < -0.3 is 36.3 Å². The summed E-state index contributed by atoms with van der Waals surface area (Å²) in [6.07, 6.45) is -0.495. The van der Waals surface area contributed by atoms with Crippen LogP contribution in [0.5, 0.6) is 0 Å². The molecule has 0 aliphatic carbocycles. The number of ether oxygens (including phenoxy) is 2. The Morgan fingerprint density at radius 3 is 2.44 bits per heavy atom. The molecule has 266 valence electrons. The van der Waals surface area contributed by atoms with Crippen LogP contribution in [-0.4, -0.2) is 71.4 Å². The Morgan fingerprint density at radius 2 is 1.72 bits per heavy atom. The van der Waals surface area contributed by atoms with Gasteiger partial charge in [-0.15, -0.1) is 0 Å². The van der Waals surface area contributed by atoms with Crippen molar-refractivity contribution in [1.29, 1.82) is 0 Å². The number of imide groups is 1. The average molecular weight is 704 g/mol. The van der Waals surface area contributed by atoms with Crippen molar-refractivity contribution in [3.8, 4) is 0 Å². The average Bonchev–Trinajstić information content (AvgIpc) is 3.53. The van der Waals surface area contributed by atoms with Crippen LogP contribution in [0.15, 0.2) is 82.6 Å². The van der Waals surface area contributed by atoms with Gasteiger partial charge in [-0.2, -0.15) is 0 Å². The van der Waals surface area contributed by atoms with Gasteiger partial charge in [-0.05, 0) is 80.5 Å². The van der Waals surface area contributed by atoms with Crippen LogP contribution in [0, 0.1) is 5.92 Å². The van der Waals surface area contributed by atoms with Crippen molar-refractivity contribution >= 4 is 47.0 Å². The maximum Gasteiger partial charge on any atom is 0.417 e. The van der Waals surface area contributed by atoms with E-state index in [1.54, 1.807) is 48.2 Å². The summed E-state index contributed by atoms with van der Waals surface area (Å²) < 4.78 is 10.8. The highest BCUT2D eigenvalue weighted by Crippen LogP contribution is 2.44. The van der Waals surface area contributed by atoms with Gasteiger partial charge in [-0.25, -0.2) is 9.69 Å². The van der Waals surface area contributed by atoms with Crippen LogP contribution >= 0.6 is 11.8 Å². The van der Waals surface area contributed by atoms with Crippen molar-refractivity contribution in [2.45, 2.75) is 86.8 Å². The van der Waals surface area contributed by atoms with Crippen LogP contribution in [0.3, 0.4) is 0 Å². The lowest BCUT2D eigenvalue weighted by molar-refractivity contribution is -0.144. The first kappa shape index (κ1) is 36.8. The van der Waals surface area contributed by atoms with Gasteiger partial charge >= 0.3 is 6.09 Å². The molecular weight excluding hydrogens is 659 g/mol. The molecule has 50 heavy (non-hydrogen) atoms. The van der Waals surface area contributed by atoms with Crippen LogP contribution < -0.4 is 21.7 Å². The molecule has 0 saturated carbocycles. The first-order valence-corrected chi connectivity index (χ1v) is 17.8. The van der Waals surface area contributed by atoms with Gasteiger partial charge in [0.05, 0.1) is 24.0 Å². The molecule has 6 N–H and O–H groups in total. The summed E-state index contributed by atoms with van der Waals surface area (Å²) in [4.78, 5) is 58.1. The van der Waals surface area contributed by atoms with E-state index in [1.807, 2.05) is 50.2 Å². The van der Waals surface area contributed by atoms with E-state index in [1.165, 1.54) is 0 Å². The number of para-hydroxylation sites is 1. The Morgan fingerprint density at radius 1 is 0.980 bits per heavy atom. The van der Waals surface area contributed by atoms with Crippen LogP contribution in [0.2, 0.25) is 0 Å². The number of anilines is 2. The molecule has 3 aromatic rings. The molecule has 0 bridgehead atoms. The second kappa shape index (κ2) is 17.5. The highest BCUT2D eigenvalue weighted by atomic mass is 32.2. The van der Waals surface area contributed by atoms with Crippen molar-refractivity contribution in [1.82, 2.24) is 15.5 Å². The molecule has 0 radical (unpaired) electrons. The van der Waals surface area contributed by atoms with Gasteiger partial charge in [0.2, 0.25) is 5.91 Å². The first-order valence-electron chi connectivity index (χ1n) is 17.0. The molecule has 1 fully saturated rings. The third kappa shape index (κ3) is 9.42. The highest BCUT2D eigenvalue weighted by molar-refractivity contribution is 7.99. The molecule has 12 nitrogen and oxygen atoms in total. The summed E-state index contributed by atoms with van der Waals surface area (Å²) in [5.41, 5.74) is 8.54. The van der Waals surface area contributed by atoms with E-state index in [0.717, 1.165) is 31.6 Å². The molecule has 5 rings (SSSR count). The zero-order valence-electron chi connectivity index (χ0n) is 28.3. The molecule has 13 heteroatoms. The number of carbonyl (C=O) groups excluding carboxylic acids is 4. The van der Waals surface area contributed by atoms with Crippen molar-refractivity contribution in [3.05, 3.63) is 83.9 Å². The molecule has 2 aliphatic rings. The number of fused-ring (bicyclic) bond motifs is 2. The molecule has 0 aromatic heterocycles. The zero-order valence-corrected chi connectivity index (χ0v) is 29.1. The van der Waals surface area contributed by atoms with Crippen molar-refractivity contribution in [2.75, 3.05) is 18.5 Å². The van der Waals surface area contributed by atoms with Gasteiger partial charge in [0.25, 0.3) is 11.8 Å². The van der Waals surface area contributed by atoms with E-state index in [4.69, 9.17) is 15.2 Å². The van der Waals surface area contributed by atoms with Crippen molar-refractivity contribution in [2.24, 2.45) is 11.7 Å². The minimum absolute atomic E-state index is 0.0625. The summed E-state index contributed by atoms with van der Waals surface area (Å²) in [7, 11) is 0. The molecule has 1 unspecified atom stereocenters. The fraction of sp³-hybridized carbons (Fsp3) is 0.405. The number of carbonyl (C=O) groups is 4. The first-order chi connectivity index (χ1) is 24.1. The van der Waals surface area contributed by atoms with E-state index < -0.39 is 48.2 Å². The maximum atomic E-state index is 14.2. The monoisotopic (exact) mass is 703 g/mol. The Balaban J connectivity index is 1.33. The summed E-state index contributed by atoms with van der Waals surface area (Å²) in [5.74, 6) is -1.82. The Hall–Kier alpha value is -4.43. The quantitative estimate of drug-likeness (QED) is 0.114. The fourth-order valence-corrected chi connectivity index (χ4v) is 6.88.